The highest BCUT2D eigenvalue weighted by Crippen LogP contribution is 2.47. The highest BCUT2D eigenvalue weighted by molar-refractivity contribution is 9.10. The Balaban J connectivity index is 1.56. The first-order chi connectivity index (χ1) is 14.8. The number of alkyl halides is 3. The fraction of sp³-hybridized carbons (Fsp3) is 0.333. The number of hydrogen-bond acceptors (Lipinski definition) is 4. The lowest BCUT2D eigenvalue weighted by Crippen LogP contribution is -2.37. The van der Waals surface area contributed by atoms with Gasteiger partial charge in [-0.3, -0.25) is 4.79 Å². The molecule has 0 aliphatic carbocycles. The minimum atomic E-state index is -4.49. The molecule has 0 saturated carbocycles. The number of aryl methyl sites for hydroxylation is 1. The van der Waals surface area contributed by atoms with Crippen LogP contribution in [0.1, 0.15) is 45.9 Å². The second-order valence-electron chi connectivity index (χ2n) is 7.65. The van der Waals surface area contributed by atoms with Crippen molar-refractivity contribution in [3.8, 4) is 0 Å². The number of rotatable bonds is 2. The van der Waals surface area contributed by atoms with E-state index in [-0.39, 0.29) is 22.4 Å². The Bertz CT molecular complexity index is 1130. The molecule has 0 saturated heterocycles. The number of anilines is 2. The second kappa shape index (κ2) is 7.67. The van der Waals surface area contributed by atoms with Crippen LogP contribution in [0, 0.1) is 0 Å². The van der Waals surface area contributed by atoms with Gasteiger partial charge < -0.3 is 10.2 Å². The van der Waals surface area contributed by atoms with Crippen LogP contribution >= 0.6 is 27.3 Å². The van der Waals surface area contributed by atoms with E-state index in [0.29, 0.717) is 6.54 Å². The predicted octanol–water partition coefficient (Wildman–Crippen LogP) is 5.96. The van der Waals surface area contributed by atoms with Gasteiger partial charge in [0.25, 0.3) is 5.91 Å². The van der Waals surface area contributed by atoms with Crippen molar-refractivity contribution >= 4 is 44.7 Å². The van der Waals surface area contributed by atoms with Gasteiger partial charge >= 0.3 is 6.18 Å². The van der Waals surface area contributed by atoms with E-state index in [1.807, 2.05) is 41.8 Å². The van der Waals surface area contributed by atoms with Gasteiger partial charge in [-0.25, -0.2) is 4.68 Å². The Hall–Kier alpha value is -2.33. The van der Waals surface area contributed by atoms with Crippen molar-refractivity contribution in [1.29, 1.82) is 0 Å². The molecule has 0 bridgehead atoms. The number of thiophene rings is 1. The number of fused-ring (bicyclic) bond motifs is 2. The molecule has 1 amide bonds. The maximum absolute atomic E-state index is 13.9. The SMILES string of the molecule is O=C(c1nn2c(c1Br)NC(c1cccs1)CC2C(F)(F)F)N1CCCc2ccccc21. The summed E-state index contributed by atoms with van der Waals surface area (Å²) in [6.45, 7) is 0.498. The summed E-state index contributed by atoms with van der Waals surface area (Å²) in [4.78, 5) is 15.8. The molecule has 31 heavy (non-hydrogen) atoms. The van der Waals surface area contributed by atoms with Crippen LogP contribution in [-0.2, 0) is 6.42 Å². The molecule has 4 heterocycles. The number of carbonyl (C=O) groups excluding carboxylic acids is 1. The molecule has 10 heteroatoms. The minimum Gasteiger partial charge on any atom is -0.362 e. The first kappa shape index (κ1) is 20.6. The first-order valence-corrected chi connectivity index (χ1v) is 11.6. The zero-order chi connectivity index (χ0) is 21.8. The summed E-state index contributed by atoms with van der Waals surface area (Å²) in [6.07, 6.45) is -3.03. The standard InChI is InChI=1S/C21H18BrF3N4OS/c22-17-18(20(30)28-9-3-6-12-5-1-2-7-14(12)28)27-29-16(21(23,24)25)11-13(26-19(17)29)15-8-4-10-31-15/h1-2,4-5,7-8,10,13,16,26H,3,6,9,11H2. The van der Waals surface area contributed by atoms with Crippen LogP contribution in [0.25, 0.3) is 0 Å². The molecule has 5 nitrogen and oxygen atoms in total. The lowest BCUT2D eigenvalue weighted by Gasteiger charge is -2.33. The fourth-order valence-electron chi connectivity index (χ4n) is 4.27. The van der Waals surface area contributed by atoms with Gasteiger partial charge in [-0.05, 0) is 51.8 Å². The van der Waals surface area contributed by atoms with Crippen molar-refractivity contribution in [3.05, 3.63) is 62.4 Å². The quantitative estimate of drug-likeness (QED) is 0.462. The number of nitrogens with zero attached hydrogens (tertiary/aromatic N) is 3. The molecular formula is C21H18BrF3N4OS. The zero-order valence-corrected chi connectivity index (χ0v) is 18.6. The van der Waals surface area contributed by atoms with Gasteiger partial charge in [-0.1, -0.05) is 24.3 Å². The normalized spacial score (nSPS) is 20.7. The Morgan fingerprint density at radius 1 is 1.23 bits per heavy atom. The predicted molar refractivity (Wildman–Crippen MR) is 117 cm³/mol. The van der Waals surface area contributed by atoms with Crippen molar-refractivity contribution in [3.63, 3.8) is 0 Å². The monoisotopic (exact) mass is 510 g/mol. The summed E-state index contributed by atoms with van der Waals surface area (Å²) in [5, 5.41) is 9.16. The van der Waals surface area contributed by atoms with Crippen molar-refractivity contribution in [2.75, 3.05) is 16.8 Å². The van der Waals surface area contributed by atoms with Crippen LogP contribution in [0.5, 0.6) is 0 Å². The first-order valence-electron chi connectivity index (χ1n) is 9.89. The summed E-state index contributed by atoms with van der Waals surface area (Å²) in [6, 6.07) is 8.90. The second-order valence-corrected chi connectivity index (χ2v) is 9.42. The van der Waals surface area contributed by atoms with E-state index in [0.717, 1.165) is 33.7 Å². The largest absolute Gasteiger partial charge is 0.410 e. The Kier molecular flexibility index (Phi) is 5.09. The van der Waals surface area contributed by atoms with E-state index in [2.05, 4.69) is 26.3 Å². The molecule has 162 valence electrons. The van der Waals surface area contributed by atoms with Crippen molar-refractivity contribution in [2.45, 2.75) is 37.5 Å². The number of carbonyl (C=O) groups is 1. The summed E-state index contributed by atoms with van der Waals surface area (Å²) < 4.78 is 43.0. The Morgan fingerprint density at radius 2 is 2.03 bits per heavy atom. The summed E-state index contributed by atoms with van der Waals surface area (Å²) in [7, 11) is 0. The zero-order valence-electron chi connectivity index (χ0n) is 16.2. The molecule has 0 radical (unpaired) electrons. The van der Waals surface area contributed by atoms with Crippen molar-refractivity contribution in [1.82, 2.24) is 9.78 Å². The third kappa shape index (κ3) is 3.55. The van der Waals surface area contributed by atoms with Gasteiger partial charge in [0.05, 0.1) is 10.5 Å². The number of para-hydroxylation sites is 1. The van der Waals surface area contributed by atoms with E-state index in [9.17, 15) is 18.0 Å². The molecule has 0 spiro atoms. The van der Waals surface area contributed by atoms with Crippen LogP contribution in [0.4, 0.5) is 24.7 Å². The van der Waals surface area contributed by atoms with Crippen molar-refractivity contribution in [2.24, 2.45) is 0 Å². The number of hydrogen-bond donors (Lipinski definition) is 1. The number of aromatic nitrogens is 2. The average Bonchev–Trinajstić information content (AvgIpc) is 3.40. The molecule has 2 aromatic heterocycles. The molecule has 3 aromatic rings. The summed E-state index contributed by atoms with van der Waals surface area (Å²) in [5.74, 6) is -0.225. The third-order valence-electron chi connectivity index (χ3n) is 5.74. The molecule has 1 aromatic carbocycles. The summed E-state index contributed by atoms with van der Waals surface area (Å²) in [5.41, 5.74) is 1.82. The van der Waals surface area contributed by atoms with Crippen LogP contribution in [-0.4, -0.2) is 28.4 Å². The summed E-state index contributed by atoms with van der Waals surface area (Å²) >= 11 is 4.77. The number of amides is 1. The van der Waals surface area contributed by atoms with Gasteiger partial charge in [0.1, 0.15) is 5.82 Å². The third-order valence-corrected chi connectivity index (χ3v) is 7.48. The van der Waals surface area contributed by atoms with Crippen molar-refractivity contribution < 1.29 is 18.0 Å². The van der Waals surface area contributed by atoms with Crippen LogP contribution in [0.15, 0.2) is 46.3 Å². The van der Waals surface area contributed by atoms with E-state index < -0.39 is 24.2 Å². The van der Waals surface area contributed by atoms with Crippen LogP contribution in [0.3, 0.4) is 0 Å². The van der Waals surface area contributed by atoms with Gasteiger partial charge in [-0.15, -0.1) is 11.3 Å². The topological polar surface area (TPSA) is 50.2 Å². The van der Waals surface area contributed by atoms with E-state index in [4.69, 9.17) is 0 Å². The molecule has 2 unspecified atom stereocenters. The van der Waals surface area contributed by atoms with Gasteiger partial charge in [0.15, 0.2) is 11.7 Å². The van der Waals surface area contributed by atoms with E-state index in [1.54, 1.807) is 4.90 Å². The van der Waals surface area contributed by atoms with Gasteiger partial charge in [-0.2, -0.15) is 18.3 Å². The highest BCUT2D eigenvalue weighted by Gasteiger charge is 2.48. The lowest BCUT2D eigenvalue weighted by atomic mass is 10.0. The number of halogens is 4. The molecule has 0 fully saturated rings. The maximum atomic E-state index is 13.9. The Morgan fingerprint density at radius 3 is 2.77 bits per heavy atom. The van der Waals surface area contributed by atoms with Crippen LogP contribution < -0.4 is 10.2 Å². The van der Waals surface area contributed by atoms with Gasteiger partial charge in [0.2, 0.25) is 0 Å². The van der Waals surface area contributed by atoms with E-state index >= 15 is 0 Å². The molecule has 2 aliphatic rings. The molecule has 2 atom stereocenters. The van der Waals surface area contributed by atoms with Gasteiger partial charge in [0, 0.05) is 23.5 Å². The van der Waals surface area contributed by atoms with E-state index in [1.165, 1.54) is 11.3 Å². The fourth-order valence-corrected chi connectivity index (χ4v) is 5.61. The highest BCUT2D eigenvalue weighted by atomic mass is 79.9. The average molecular weight is 511 g/mol. The molecule has 1 N–H and O–H groups in total. The minimum absolute atomic E-state index is 0.0136. The molecule has 2 aliphatic heterocycles. The Labute approximate surface area is 189 Å². The molecule has 5 rings (SSSR count). The molecular weight excluding hydrogens is 493 g/mol. The number of benzene rings is 1. The smallest absolute Gasteiger partial charge is 0.362 e. The lowest BCUT2D eigenvalue weighted by molar-refractivity contribution is -0.173. The maximum Gasteiger partial charge on any atom is 0.410 e. The van der Waals surface area contributed by atoms with Crippen LogP contribution in [0.2, 0.25) is 0 Å². The number of nitrogens with one attached hydrogen (secondary N) is 1.